The molecule has 2 aliphatic rings. The quantitative estimate of drug-likeness (QED) is 0.809. The van der Waals surface area contributed by atoms with E-state index in [1.165, 1.54) is 6.42 Å². The Kier molecular flexibility index (Phi) is 7.34. The molecular formula is C20H31Cl2N5O. The summed E-state index contributed by atoms with van der Waals surface area (Å²) in [6.45, 7) is 10.2. The van der Waals surface area contributed by atoms with Crippen LogP contribution in [0.2, 0.25) is 0 Å². The van der Waals surface area contributed by atoms with Gasteiger partial charge in [-0.05, 0) is 57.6 Å². The molecule has 1 spiro atoms. The topological polar surface area (TPSA) is 63.1 Å². The van der Waals surface area contributed by atoms with E-state index in [4.69, 9.17) is 0 Å². The Labute approximate surface area is 179 Å². The molecule has 4 heterocycles. The van der Waals surface area contributed by atoms with Crippen LogP contribution in [0.3, 0.4) is 0 Å². The fourth-order valence-electron chi connectivity index (χ4n) is 4.39. The first-order chi connectivity index (χ1) is 12.5. The van der Waals surface area contributed by atoms with Crippen molar-refractivity contribution in [1.82, 2.24) is 25.0 Å². The Morgan fingerprint density at radius 3 is 2.61 bits per heavy atom. The van der Waals surface area contributed by atoms with E-state index in [1.807, 2.05) is 28.8 Å². The number of aryl methyl sites for hydroxylation is 1. The van der Waals surface area contributed by atoms with Gasteiger partial charge in [0, 0.05) is 25.3 Å². The van der Waals surface area contributed by atoms with Crippen LogP contribution in [0.5, 0.6) is 0 Å². The normalized spacial score (nSPS) is 19.3. The minimum atomic E-state index is 0. The van der Waals surface area contributed by atoms with Crippen molar-refractivity contribution in [2.75, 3.05) is 26.2 Å². The van der Waals surface area contributed by atoms with Crippen molar-refractivity contribution in [1.29, 1.82) is 0 Å². The molecule has 8 heteroatoms. The average molecular weight is 428 g/mol. The van der Waals surface area contributed by atoms with Gasteiger partial charge in [-0.1, -0.05) is 6.92 Å². The van der Waals surface area contributed by atoms with Gasteiger partial charge >= 0.3 is 0 Å². The molecule has 6 nitrogen and oxygen atoms in total. The van der Waals surface area contributed by atoms with Crippen LogP contribution in [0.15, 0.2) is 12.3 Å². The molecular weight excluding hydrogens is 397 g/mol. The first-order valence-corrected chi connectivity index (χ1v) is 9.88. The van der Waals surface area contributed by atoms with Gasteiger partial charge in [0.15, 0.2) is 5.65 Å². The van der Waals surface area contributed by atoms with E-state index in [0.717, 1.165) is 67.7 Å². The Bertz CT molecular complexity index is 821. The lowest BCUT2D eigenvalue weighted by atomic mass is 9.78. The summed E-state index contributed by atoms with van der Waals surface area (Å²) in [6.07, 6.45) is 6.25. The molecule has 156 valence electrons. The molecule has 28 heavy (non-hydrogen) atoms. The molecule has 1 atom stereocenters. The number of amides is 1. The molecule has 2 aromatic rings. The highest BCUT2D eigenvalue weighted by molar-refractivity contribution is 6.05. The van der Waals surface area contributed by atoms with Crippen molar-refractivity contribution in [3.63, 3.8) is 0 Å². The standard InChI is InChI=1S/C20H29N5O.2ClH/c1-4-15(3)25-18-17(12-22-25)16(11-14(2)23-18)19(26)24-9-6-20(7-10-24)5-8-21-13-20;;/h11-12,15,21H,4-10,13H2,1-3H3;2*1H. The first-order valence-electron chi connectivity index (χ1n) is 9.88. The van der Waals surface area contributed by atoms with Crippen LogP contribution in [-0.4, -0.2) is 51.8 Å². The van der Waals surface area contributed by atoms with Crippen molar-refractivity contribution in [3.8, 4) is 0 Å². The second-order valence-electron chi connectivity index (χ2n) is 8.11. The van der Waals surface area contributed by atoms with Crippen molar-refractivity contribution in [2.24, 2.45) is 5.41 Å². The number of fused-ring (bicyclic) bond motifs is 1. The third-order valence-electron chi connectivity index (χ3n) is 6.38. The van der Waals surface area contributed by atoms with Gasteiger partial charge in [-0.15, -0.1) is 24.8 Å². The predicted octanol–water partition coefficient (Wildman–Crippen LogP) is 3.77. The van der Waals surface area contributed by atoms with Crippen LogP contribution in [0, 0.1) is 12.3 Å². The highest BCUT2D eigenvalue weighted by atomic mass is 35.5. The number of rotatable bonds is 3. The molecule has 2 aliphatic heterocycles. The van der Waals surface area contributed by atoms with E-state index < -0.39 is 0 Å². The summed E-state index contributed by atoms with van der Waals surface area (Å²) in [5.41, 5.74) is 2.87. The van der Waals surface area contributed by atoms with E-state index in [-0.39, 0.29) is 36.8 Å². The number of carbonyl (C=O) groups is 1. The van der Waals surface area contributed by atoms with Gasteiger partial charge in [0.05, 0.1) is 23.2 Å². The zero-order valence-electron chi connectivity index (χ0n) is 16.9. The summed E-state index contributed by atoms with van der Waals surface area (Å²) in [4.78, 5) is 20.0. The van der Waals surface area contributed by atoms with E-state index in [9.17, 15) is 4.79 Å². The smallest absolute Gasteiger partial charge is 0.254 e. The number of hydrogen-bond acceptors (Lipinski definition) is 4. The van der Waals surface area contributed by atoms with Crippen molar-refractivity contribution >= 4 is 41.8 Å². The van der Waals surface area contributed by atoms with Crippen LogP contribution in [0.1, 0.15) is 61.6 Å². The lowest BCUT2D eigenvalue weighted by Gasteiger charge is -2.39. The van der Waals surface area contributed by atoms with Crippen LogP contribution in [0.25, 0.3) is 11.0 Å². The van der Waals surface area contributed by atoms with Crippen molar-refractivity contribution < 1.29 is 4.79 Å². The van der Waals surface area contributed by atoms with Crippen molar-refractivity contribution in [3.05, 3.63) is 23.5 Å². The summed E-state index contributed by atoms with van der Waals surface area (Å²) in [5.74, 6) is 0.130. The van der Waals surface area contributed by atoms with E-state index >= 15 is 0 Å². The molecule has 0 bridgehead atoms. The zero-order valence-corrected chi connectivity index (χ0v) is 18.5. The summed E-state index contributed by atoms with van der Waals surface area (Å²) < 4.78 is 1.95. The summed E-state index contributed by atoms with van der Waals surface area (Å²) in [7, 11) is 0. The molecule has 2 saturated heterocycles. The zero-order chi connectivity index (χ0) is 18.3. The molecule has 1 unspecified atom stereocenters. The Balaban J connectivity index is 0.00000140. The van der Waals surface area contributed by atoms with Crippen LogP contribution >= 0.6 is 24.8 Å². The Hall–Kier alpha value is -1.37. The summed E-state index contributed by atoms with van der Waals surface area (Å²) >= 11 is 0. The van der Waals surface area contributed by atoms with Gasteiger partial charge in [0.1, 0.15) is 0 Å². The van der Waals surface area contributed by atoms with Gasteiger partial charge < -0.3 is 10.2 Å². The van der Waals surface area contributed by atoms with E-state index in [2.05, 4.69) is 29.2 Å². The van der Waals surface area contributed by atoms with Crippen LogP contribution in [0.4, 0.5) is 0 Å². The number of aromatic nitrogens is 3. The predicted molar refractivity (Wildman–Crippen MR) is 117 cm³/mol. The molecule has 0 aromatic carbocycles. The van der Waals surface area contributed by atoms with Gasteiger partial charge in [-0.3, -0.25) is 4.79 Å². The van der Waals surface area contributed by atoms with Crippen molar-refractivity contribution in [2.45, 2.75) is 52.5 Å². The van der Waals surface area contributed by atoms with E-state index in [0.29, 0.717) is 5.41 Å². The Morgan fingerprint density at radius 2 is 2.00 bits per heavy atom. The number of carbonyl (C=O) groups excluding carboxylic acids is 1. The molecule has 2 aromatic heterocycles. The van der Waals surface area contributed by atoms with Gasteiger partial charge in [0.2, 0.25) is 0 Å². The highest BCUT2D eigenvalue weighted by Crippen LogP contribution is 2.37. The third kappa shape index (κ3) is 4.00. The second-order valence-corrected chi connectivity index (χ2v) is 8.11. The van der Waals surface area contributed by atoms with Gasteiger partial charge in [0.25, 0.3) is 5.91 Å². The minimum Gasteiger partial charge on any atom is -0.339 e. The maximum absolute atomic E-state index is 13.3. The maximum atomic E-state index is 13.3. The van der Waals surface area contributed by atoms with Gasteiger partial charge in [-0.2, -0.15) is 5.10 Å². The molecule has 0 saturated carbocycles. The number of pyridine rings is 1. The number of piperidine rings is 1. The first kappa shape index (κ1) is 22.9. The van der Waals surface area contributed by atoms with Gasteiger partial charge in [-0.25, -0.2) is 9.67 Å². The lowest BCUT2D eigenvalue weighted by molar-refractivity contribution is 0.0609. The molecule has 0 radical (unpaired) electrons. The summed E-state index contributed by atoms with van der Waals surface area (Å²) in [5, 5.41) is 8.89. The largest absolute Gasteiger partial charge is 0.339 e. The molecule has 2 fully saturated rings. The SMILES string of the molecule is CCC(C)n1ncc2c(C(=O)N3CCC4(CCNC4)CC3)cc(C)nc21.Cl.Cl. The summed E-state index contributed by atoms with van der Waals surface area (Å²) in [6, 6.07) is 2.20. The van der Waals surface area contributed by atoms with E-state index in [1.54, 1.807) is 0 Å². The molecule has 4 rings (SSSR count). The highest BCUT2D eigenvalue weighted by Gasteiger charge is 2.38. The Morgan fingerprint density at radius 1 is 1.29 bits per heavy atom. The fraction of sp³-hybridized carbons (Fsp3) is 0.650. The maximum Gasteiger partial charge on any atom is 0.254 e. The van der Waals surface area contributed by atoms with Crippen LogP contribution < -0.4 is 5.32 Å². The number of nitrogens with one attached hydrogen (secondary N) is 1. The fourth-order valence-corrected chi connectivity index (χ4v) is 4.39. The number of hydrogen-bond donors (Lipinski definition) is 1. The van der Waals surface area contributed by atoms with Crippen LogP contribution in [-0.2, 0) is 0 Å². The average Bonchev–Trinajstić information content (AvgIpc) is 3.28. The number of nitrogens with zero attached hydrogens (tertiary/aromatic N) is 4. The monoisotopic (exact) mass is 427 g/mol. The minimum absolute atomic E-state index is 0. The third-order valence-corrected chi connectivity index (χ3v) is 6.38. The molecule has 1 amide bonds. The molecule has 0 aliphatic carbocycles. The second kappa shape index (κ2) is 8.97. The molecule has 1 N–H and O–H groups in total. The lowest BCUT2D eigenvalue weighted by Crippen LogP contribution is -2.44. The number of likely N-dealkylation sites (tertiary alicyclic amines) is 1. The number of halogens is 2.